The SMILES string of the molecule is CC(C)C(C)NC(=O)NC1CCCN(S(C)(=O)=O)C1. The predicted molar refractivity (Wildman–Crippen MR) is 75.4 cm³/mol. The highest BCUT2D eigenvalue weighted by molar-refractivity contribution is 7.88. The summed E-state index contributed by atoms with van der Waals surface area (Å²) in [4.78, 5) is 11.8. The molecule has 6 nitrogen and oxygen atoms in total. The Hall–Kier alpha value is -0.820. The maximum Gasteiger partial charge on any atom is 0.315 e. The molecule has 1 rings (SSSR count). The number of sulfonamides is 1. The second-order valence-electron chi connectivity index (χ2n) is 5.61. The van der Waals surface area contributed by atoms with Crippen LogP contribution in [0.2, 0.25) is 0 Å². The van der Waals surface area contributed by atoms with Crippen molar-refractivity contribution in [3.05, 3.63) is 0 Å². The molecular formula is C12H25N3O3S. The second kappa shape index (κ2) is 6.56. The number of hydrogen-bond acceptors (Lipinski definition) is 3. The molecule has 0 aromatic rings. The van der Waals surface area contributed by atoms with Crippen LogP contribution in [0.1, 0.15) is 33.6 Å². The highest BCUT2D eigenvalue weighted by Gasteiger charge is 2.27. The zero-order chi connectivity index (χ0) is 14.6. The van der Waals surface area contributed by atoms with E-state index in [0.717, 1.165) is 12.8 Å². The number of carbonyl (C=O) groups excluding carboxylic acids is 1. The summed E-state index contributed by atoms with van der Waals surface area (Å²) in [5, 5.41) is 5.71. The van der Waals surface area contributed by atoms with E-state index < -0.39 is 10.0 Å². The van der Waals surface area contributed by atoms with Crippen molar-refractivity contribution in [2.75, 3.05) is 19.3 Å². The van der Waals surface area contributed by atoms with Crippen molar-refractivity contribution in [2.24, 2.45) is 5.92 Å². The van der Waals surface area contributed by atoms with E-state index in [4.69, 9.17) is 0 Å². The van der Waals surface area contributed by atoms with Gasteiger partial charge >= 0.3 is 6.03 Å². The summed E-state index contributed by atoms with van der Waals surface area (Å²) < 4.78 is 24.4. The van der Waals surface area contributed by atoms with Gasteiger partial charge in [-0.3, -0.25) is 0 Å². The van der Waals surface area contributed by atoms with E-state index in [0.29, 0.717) is 19.0 Å². The minimum Gasteiger partial charge on any atom is -0.335 e. The van der Waals surface area contributed by atoms with Gasteiger partial charge in [-0.15, -0.1) is 0 Å². The minimum atomic E-state index is -3.17. The first-order valence-corrected chi connectivity index (χ1v) is 8.57. The molecule has 0 bridgehead atoms. The average molecular weight is 291 g/mol. The van der Waals surface area contributed by atoms with E-state index in [1.54, 1.807) is 0 Å². The third-order valence-electron chi connectivity index (χ3n) is 3.55. The summed E-state index contributed by atoms with van der Waals surface area (Å²) in [6.45, 7) is 6.94. The smallest absolute Gasteiger partial charge is 0.315 e. The lowest BCUT2D eigenvalue weighted by Gasteiger charge is -2.31. The minimum absolute atomic E-state index is 0.0922. The molecule has 1 saturated heterocycles. The number of nitrogens with zero attached hydrogens (tertiary/aromatic N) is 1. The number of piperidine rings is 1. The Bertz CT molecular complexity index is 408. The van der Waals surface area contributed by atoms with Crippen LogP contribution in [0.15, 0.2) is 0 Å². The Labute approximate surface area is 116 Å². The third-order valence-corrected chi connectivity index (χ3v) is 4.82. The van der Waals surface area contributed by atoms with Crippen molar-refractivity contribution in [1.82, 2.24) is 14.9 Å². The monoisotopic (exact) mass is 291 g/mol. The average Bonchev–Trinajstić information content (AvgIpc) is 2.27. The molecule has 0 spiro atoms. The zero-order valence-corrected chi connectivity index (χ0v) is 13.0. The Balaban J connectivity index is 2.47. The van der Waals surface area contributed by atoms with Gasteiger partial charge in [-0.25, -0.2) is 17.5 Å². The van der Waals surface area contributed by atoms with Gasteiger partial charge in [-0.05, 0) is 25.7 Å². The van der Waals surface area contributed by atoms with Crippen LogP contribution < -0.4 is 10.6 Å². The fourth-order valence-corrected chi connectivity index (χ4v) is 2.87. The number of rotatable bonds is 4. The standard InChI is InChI=1S/C12H25N3O3S/c1-9(2)10(3)13-12(16)14-11-6-5-7-15(8-11)19(4,17)18/h9-11H,5-8H2,1-4H3,(H2,13,14,16). The van der Waals surface area contributed by atoms with E-state index in [1.807, 2.05) is 20.8 Å². The lowest BCUT2D eigenvalue weighted by atomic mass is 10.1. The maximum absolute atomic E-state index is 11.8. The number of carbonyl (C=O) groups is 1. The maximum atomic E-state index is 11.8. The molecule has 0 saturated carbocycles. The number of amides is 2. The fraction of sp³-hybridized carbons (Fsp3) is 0.917. The molecule has 112 valence electrons. The first kappa shape index (κ1) is 16.2. The molecule has 0 radical (unpaired) electrons. The molecule has 1 heterocycles. The highest BCUT2D eigenvalue weighted by atomic mass is 32.2. The van der Waals surface area contributed by atoms with E-state index >= 15 is 0 Å². The van der Waals surface area contributed by atoms with Crippen LogP contribution in [0, 0.1) is 5.92 Å². The molecule has 0 aromatic heterocycles. The van der Waals surface area contributed by atoms with Crippen LogP contribution in [0.25, 0.3) is 0 Å². The van der Waals surface area contributed by atoms with Gasteiger partial charge in [0.15, 0.2) is 0 Å². The van der Waals surface area contributed by atoms with Crippen LogP contribution >= 0.6 is 0 Å². The largest absolute Gasteiger partial charge is 0.335 e. The summed E-state index contributed by atoms with van der Waals surface area (Å²) in [7, 11) is -3.17. The molecule has 1 aliphatic heterocycles. The summed E-state index contributed by atoms with van der Waals surface area (Å²) in [6, 6.07) is -0.237. The van der Waals surface area contributed by atoms with Crippen LogP contribution in [0.4, 0.5) is 4.79 Å². The lowest BCUT2D eigenvalue weighted by molar-refractivity contribution is 0.220. The third kappa shape index (κ3) is 5.36. The van der Waals surface area contributed by atoms with Crippen LogP contribution in [-0.4, -0.2) is 50.2 Å². The highest BCUT2D eigenvalue weighted by Crippen LogP contribution is 2.13. The molecule has 2 atom stereocenters. The molecule has 2 amide bonds. The van der Waals surface area contributed by atoms with Crippen LogP contribution in [0.5, 0.6) is 0 Å². The zero-order valence-electron chi connectivity index (χ0n) is 12.1. The quantitative estimate of drug-likeness (QED) is 0.802. The topological polar surface area (TPSA) is 78.5 Å². The van der Waals surface area contributed by atoms with Crippen LogP contribution in [-0.2, 0) is 10.0 Å². The van der Waals surface area contributed by atoms with E-state index in [-0.39, 0.29) is 18.1 Å². The van der Waals surface area contributed by atoms with Gasteiger partial charge in [0, 0.05) is 25.2 Å². The summed E-state index contributed by atoms with van der Waals surface area (Å²) in [5.74, 6) is 0.365. The molecule has 1 fully saturated rings. The summed E-state index contributed by atoms with van der Waals surface area (Å²) in [5.41, 5.74) is 0. The number of hydrogen-bond donors (Lipinski definition) is 2. The van der Waals surface area contributed by atoms with Gasteiger partial charge in [0.05, 0.1) is 6.26 Å². The first-order valence-electron chi connectivity index (χ1n) is 6.72. The lowest BCUT2D eigenvalue weighted by Crippen LogP contribution is -2.53. The van der Waals surface area contributed by atoms with Gasteiger partial charge in [0.25, 0.3) is 0 Å². The van der Waals surface area contributed by atoms with Crippen molar-refractivity contribution in [3.8, 4) is 0 Å². The molecule has 0 aliphatic carbocycles. The van der Waals surface area contributed by atoms with Crippen molar-refractivity contribution in [1.29, 1.82) is 0 Å². The molecular weight excluding hydrogens is 266 g/mol. The molecule has 7 heteroatoms. The van der Waals surface area contributed by atoms with Gasteiger partial charge < -0.3 is 10.6 Å². The summed E-state index contributed by atoms with van der Waals surface area (Å²) >= 11 is 0. The number of nitrogens with one attached hydrogen (secondary N) is 2. The van der Waals surface area contributed by atoms with Gasteiger partial charge in [0.2, 0.25) is 10.0 Å². The number of urea groups is 1. The van der Waals surface area contributed by atoms with Crippen molar-refractivity contribution >= 4 is 16.1 Å². The normalized spacial score (nSPS) is 23.1. The van der Waals surface area contributed by atoms with E-state index in [2.05, 4.69) is 10.6 Å². The van der Waals surface area contributed by atoms with Gasteiger partial charge in [-0.2, -0.15) is 0 Å². The molecule has 0 aromatic carbocycles. The van der Waals surface area contributed by atoms with Crippen molar-refractivity contribution in [3.63, 3.8) is 0 Å². The molecule has 2 unspecified atom stereocenters. The Morgan fingerprint density at radius 1 is 1.32 bits per heavy atom. The van der Waals surface area contributed by atoms with Crippen molar-refractivity contribution < 1.29 is 13.2 Å². The van der Waals surface area contributed by atoms with Crippen molar-refractivity contribution in [2.45, 2.75) is 45.7 Å². The molecule has 2 N–H and O–H groups in total. The Morgan fingerprint density at radius 3 is 2.47 bits per heavy atom. The second-order valence-corrected chi connectivity index (χ2v) is 7.59. The van der Waals surface area contributed by atoms with Gasteiger partial charge in [0.1, 0.15) is 0 Å². The first-order chi connectivity index (χ1) is 8.70. The molecule has 1 aliphatic rings. The van der Waals surface area contributed by atoms with E-state index in [9.17, 15) is 13.2 Å². The predicted octanol–water partition coefficient (Wildman–Crippen LogP) is 0.754. The van der Waals surface area contributed by atoms with Crippen LogP contribution in [0.3, 0.4) is 0 Å². The fourth-order valence-electron chi connectivity index (χ4n) is 1.96. The Kier molecular flexibility index (Phi) is 5.61. The summed E-state index contributed by atoms with van der Waals surface area (Å²) in [6.07, 6.45) is 2.80. The molecule has 19 heavy (non-hydrogen) atoms. The van der Waals surface area contributed by atoms with Gasteiger partial charge in [-0.1, -0.05) is 13.8 Å². The Morgan fingerprint density at radius 2 is 1.95 bits per heavy atom. The van der Waals surface area contributed by atoms with E-state index in [1.165, 1.54) is 10.6 Å².